The first-order valence-corrected chi connectivity index (χ1v) is 8.88. The number of nitrogens with zero attached hydrogens (tertiary/aromatic N) is 1. The fourth-order valence-corrected chi connectivity index (χ4v) is 2.94. The van der Waals surface area contributed by atoms with Crippen molar-refractivity contribution in [1.82, 2.24) is 15.5 Å². The van der Waals surface area contributed by atoms with Crippen molar-refractivity contribution in [2.24, 2.45) is 0 Å². The maximum atomic E-state index is 12.5. The summed E-state index contributed by atoms with van der Waals surface area (Å²) in [5.74, 6) is 1.12. The zero-order valence-corrected chi connectivity index (χ0v) is 16.2. The summed E-state index contributed by atoms with van der Waals surface area (Å²) < 4.78 is 17.4. The zero-order chi connectivity index (χ0) is 19.3. The van der Waals surface area contributed by atoms with Crippen molar-refractivity contribution < 1.29 is 13.9 Å². The summed E-state index contributed by atoms with van der Waals surface area (Å²) in [6.07, 6.45) is 4.14. The number of nitrogens with one attached hydrogen (secondary N) is 2. The summed E-state index contributed by atoms with van der Waals surface area (Å²) in [6.45, 7) is 3.37. The van der Waals surface area contributed by atoms with Gasteiger partial charge in [-0.3, -0.25) is 4.79 Å². The second-order valence-corrected chi connectivity index (χ2v) is 6.58. The fraction of sp³-hybridized carbons (Fsp3) is 0.421. The number of carbonyl (C=O) groups excluding carboxylic acids is 1. The van der Waals surface area contributed by atoms with Gasteiger partial charge in [-0.05, 0) is 43.7 Å². The molecule has 0 spiro atoms. The van der Waals surface area contributed by atoms with Gasteiger partial charge in [-0.25, -0.2) is 4.39 Å². The number of benzene rings is 1. The first-order chi connectivity index (χ1) is 12.4. The maximum Gasteiger partial charge on any atom is 0.251 e. The predicted octanol–water partition coefficient (Wildman–Crippen LogP) is 3.13. The highest BCUT2D eigenvalue weighted by molar-refractivity contribution is 6.32. The Morgan fingerprint density at radius 1 is 1.46 bits per heavy atom. The third-order valence-corrected chi connectivity index (χ3v) is 4.66. The molecule has 0 bridgehead atoms. The Morgan fingerprint density at radius 2 is 2.19 bits per heavy atom. The Balaban J connectivity index is 2.08. The van der Waals surface area contributed by atoms with Crippen molar-refractivity contribution in [1.29, 1.82) is 0 Å². The average molecular weight is 382 g/mol. The number of amides is 1. The van der Waals surface area contributed by atoms with Gasteiger partial charge in [-0.15, -0.1) is 0 Å². The summed E-state index contributed by atoms with van der Waals surface area (Å²) in [5.41, 5.74) is 1.45. The Bertz CT molecular complexity index is 721. The molecule has 0 radical (unpaired) electrons. The van der Waals surface area contributed by atoms with Crippen LogP contribution in [0.4, 0.5) is 4.39 Å². The number of alkyl halides is 1. The molecule has 7 heteroatoms. The van der Waals surface area contributed by atoms with E-state index < -0.39 is 6.67 Å². The van der Waals surface area contributed by atoms with E-state index in [9.17, 15) is 9.18 Å². The summed E-state index contributed by atoms with van der Waals surface area (Å²) in [7, 11) is 3.88. The van der Waals surface area contributed by atoms with Crippen LogP contribution in [0.1, 0.15) is 24.2 Å². The number of likely N-dealkylation sites (N-methyl/N-ethyl adjacent to an activating group) is 1. The van der Waals surface area contributed by atoms with E-state index >= 15 is 0 Å². The zero-order valence-electron chi connectivity index (χ0n) is 15.5. The third-order valence-electron chi connectivity index (χ3n) is 4.36. The molecule has 2 rings (SSSR count). The highest BCUT2D eigenvalue weighted by Crippen LogP contribution is 2.26. The highest BCUT2D eigenvalue weighted by Gasteiger charge is 2.20. The van der Waals surface area contributed by atoms with Crippen LogP contribution in [0, 0.1) is 0 Å². The molecular weight excluding hydrogens is 357 g/mol. The molecule has 1 heterocycles. The second-order valence-electron chi connectivity index (χ2n) is 6.18. The largest absolute Gasteiger partial charge is 0.489 e. The van der Waals surface area contributed by atoms with E-state index in [2.05, 4.69) is 28.5 Å². The molecule has 1 aliphatic heterocycles. The number of hydrogen-bond donors (Lipinski definition) is 2. The van der Waals surface area contributed by atoms with Crippen LogP contribution in [0.3, 0.4) is 0 Å². The number of rotatable bonds is 7. The summed E-state index contributed by atoms with van der Waals surface area (Å²) in [5, 5.41) is 6.42. The SMILES string of the molecule is CNC1=CC(C(C)NC(=O)c2ccc(OCCF)c(Cl)c2)=CC(C)N1C. The summed E-state index contributed by atoms with van der Waals surface area (Å²) in [4.78, 5) is 14.6. The lowest BCUT2D eigenvalue weighted by Gasteiger charge is -2.33. The van der Waals surface area contributed by atoms with Gasteiger partial charge in [0.25, 0.3) is 5.91 Å². The Hall–Kier alpha value is -2.21. The van der Waals surface area contributed by atoms with Crippen LogP contribution in [0.2, 0.25) is 5.02 Å². The molecule has 1 aromatic carbocycles. The van der Waals surface area contributed by atoms with Gasteiger partial charge in [0, 0.05) is 25.7 Å². The molecule has 2 unspecified atom stereocenters. The van der Waals surface area contributed by atoms with Crippen LogP contribution >= 0.6 is 11.6 Å². The van der Waals surface area contributed by atoms with E-state index in [1.54, 1.807) is 12.1 Å². The van der Waals surface area contributed by atoms with Crippen LogP contribution in [0.15, 0.2) is 41.7 Å². The van der Waals surface area contributed by atoms with E-state index in [-0.39, 0.29) is 29.6 Å². The molecule has 26 heavy (non-hydrogen) atoms. The number of halogens is 2. The molecule has 0 saturated carbocycles. The van der Waals surface area contributed by atoms with Gasteiger partial charge >= 0.3 is 0 Å². The minimum atomic E-state index is -0.596. The van der Waals surface area contributed by atoms with Crippen LogP contribution in [0.25, 0.3) is 0 Å². The molecule has 142 valence electrons. The van der Waals surface area contributed by atoms with Gasteiger partial charge in [0.1, 0.15) is 24.9 Å². The van der Waals surface area contributed by atoms with Gasteiger partial charge in [0.15, 0.2) is 0 Å². The van der Waals surface area contributed by atoms with E-state index in [0.717, 1.165) is 11.4 Å². The van der Waals surface area contributed by atoms with E-state index in [4.69, 9.17) is 16.3 Å². The highest BCUT2D eigenvalue weighted by atomic mass is 35.5. The molecule has 1 amide bonds. The minimum absolute atomic E-state index is 0.0663. The van der Waals surface area contributed by atoms with Gasteiger partial charge < -0.3 is 20.3 Å². The predicted molar refractivity (Wildman–Crippen MR) is 102 cm³/mol. The van der Waals surface area contributed by atoms with E-state index in [1.165, 1.54) is 6.07 Å². The monoisotopic (exact) mass is 381 g/mol. The number of ether oxygens (including phenoxy) is 1. The Kier molecular flexibility index (Phi) is 6.91. The van der Waals surface area contributed by atoms with Crippen molar-refractivity contribution in [2.45, 2.75) is 25.9 Å². The average Bonchev–Trinajstić information content (AvgIpc) is 2.62. The minimum Gasteiger partial charge on any atom is -0.489 e. The van der Waals surface area contributed by atoms with Gasteiger partial charge in [-0.1, -0.05) is 17.7 Å². The van der Waals surface area contributed by atoms with Gasteiger partial charge in [0.05, 0.1) is 11.1 Å². The quantitative estimate of drug-likeness (QED) is 0.762. The molecule has 2 atom stereocenters. The lowest BCUT2D eigenvalue weighted by Crippen LogP contribution is -2.39. The standard InChI is InChI=1S/C19H25ClFN3O2/c1-12-9-15(11-18(22-3)24(12)4)13(2)23-19(25)14-5-6-17(16(20)10-14)26-8-7-21/h5-6,9-13,22H,7-8H2,1-4H3,(H,23,25). The van der Waals surface area contributed by atoms with Crippen molar-refractivity contribution in [3.05, 3.63) is 52.3 Å². The maximum absolute atomic E-state index is 12.5. The van der Waals surface area contributed by atoms with Crippen molar-refractivity contribution >= 4 is 17.5 Å². The topological polar surface area (TPSA) is 53.6 Å². The van der Waals surface area contributed by atoms with E-state index in [1.807, 2.05) is 27.1 Å². The first-order valence-electron chi connectivity index (χ1n) is 8.50. The molecule has 0 aliphatic carbocycles. The third kappa shape index (κ3) is 4.69. The van der Waals surface area contributed by atoms with Crippen molar-refractivity contribution in [3.8, 4) is 5.75 Å². The van der Waals surface area contributed by atoms with Crippen LogP contribution in [-0.4, -0.2) is 50.3 Å². The van der Waals surface area contributed by atoms with Crippen LogP contribution < -0.4 is 15.4 Å². The number of carbonyl (C=O) groups is 1. The molecule has 1 aliphatic rings. The van der Waals surface area contributed by atoms with Crippen LogP contribution in [0.5, 0.6) is 5.75 Å². The molecule has 0 aromatic heterocycles. The molecule has 0 saturated heterocycles. The second kappa shape index (κ2) is 8.94. The normalized spacial score (nSPS) is 17.9. The van der Waals surface area contributed by atoms with E-state index in [0.29, 0.717) is 11.3 Å². The fourth-order valence-electron chi connectivity index (χ4n) is 2.71. The van der Waals surface area contributed by atoms with Crippen molar-refractivity contribution in [2.75, 3.05) is 27.4 Å². The molecule has 1 aromatic rings. The smallest absolute Gasteiger partial charge is 0.251 e. The van der Waals surface area contributed by atoms with Gasteiger partial charge in [-0.2, -0.15) is 0 Å². The molecule has 0 fully saturated rings. The molecular formula is C19H25ClFN3O2. The lowest BCUT2D eigenvalue weighted by molar-refractivity contribution is 0.0945. The lowest BCUT2D eigenvalue weighted by atomic mass is 10.0. The first kappa shape index (κ1) is 20.1. The summed E-state index contributed by atoms with van der Waals surface area (Å²) >= 11 is 6.11. The summed E-state index contributed by atoms with van der Waals surface area (Å²) in [6, 6.07) is 4.77. The molecule has 5 nitrogen and oxygen atoms in total. The van der Waals surface area contributed by atoms with Gasteiger partial charge in [0.2, 0.25) is 0 Å². The van der Waals surface area contributed by atoms with Crippen LogP contribution in [-0.2, 0) is 0 Å². The van der Waals surface area contributed by atoms with Crippen molar-refractivity contribution in [3.63, 3.8) is 0 Å². The number of hydrogen-bond acceptors (Lipinski definition) is 4. The molecule has 2 N–H and O–H groups in total. The Labute approximate surface area is 158 Å². The Morgan fingerprint density at radius 3 is 2.81 bits per heavy atom.